The zero-order valence-electron chi connectivity index (χ0n) is 14.6. The Kier molecular flexibility index (Phi) is 10.3. The molecule has 0 radical (unpaired) electrons. The SMILES string of the molecule is COc1ccc(C(=O)NCCCCCCCCCCC(=O)O)cc1. The number of aliphatic carboxylic acids is 1. The minimum absolute atomic E-state index is 0.0453. The standard InChI is InChI=1S/C19H29NO4/c1-24-17-13-11-16(12-14-17)19(23)20-15-9-7-5-3-2-4-6-8-10-18(21)22/h11-14H,2-10,15H2,1H3,(H,20,23)(H,21,22). The number of hydrogen-bond donors (Lipinski definition) is 2. The van der Waals surface area contributed by atoms with E-state index < -0.39 is 5.97 Å². The van der Waals surface area contributed by atoms with Gasteiger partial charge in [-0.1, -0.05) is 38.5 Å². The van der Waals surface area contributed by atoms with Crippen molar-refractivity contribution in [2.45, 2.75) is 57.8 Å². The summed E-state index contributed by atoms with van der Waals surface area (Å²) >= 11 is 0. The van der Waals surface area contributed by atoms with E-state index in [-0.39, 0.29) is 12.3 Å². The summed E-state index contributed by atoms with van der Waals surface area (Å²) in [6, 6.07) is 7.09. The number of hydrogen-bond acceptors (Lipinski definition) is 3. The molecule has 0 aromatic heterocycles. The van der Waals surface area contributed by atoms with Gasteiger partial charge in [-0.2, -0.15) is 0 Å². The van der Waals surface area contributed by atoms with Gasteiger partial charge in [0, 0.05) is 18.5 Å². The summed E-state index contributed by atoms with van der Waals surface area (Å²) in [5, 5.41) is 11.5. The Bertz CT molecular complexity index is 485. The van der Waals surface area contributed by atoms with Crippen molar-refractivity contribution in [1.29, 1.82) is 0 Å². The van der Waals surface area contributed by atoms with Crippen LogP contribution in [0.15, 0.2) is 24.3 Å². The normalized spacial score (nSPS) is 10.4. The molecule has 0 unspecified atom stereocenters. The Balaban J connectivity index is 1.96. The van der Waals surface area contributed by atoms with Crippen LogP contribution in [0.5, 0.6) is 5.75 Å². The van der Waals surface area contributed by atoms with Gasteiger partial charge in [0.2, 0.25) is 0 Å². The molecule has 0 fully saturated rings. The molecule has 1 aromatic carbocycles. The van der Waals surface area contributed by atoms with Crippen molar-refractivity contribution in [2.24, 2.45) is 0 Å². The van der Waals surface area contributed by atoms with Gasteiger partial charge in [-0.3, -0.25) is 9.59 Å². The fourth-order valence-electron chi connectivity index (χ4n) is 2.51. The minimum Gasteiger partial charge on any atom is -0.497 e. The first-order chi connectivity index (χ1) is 11.6. The predicted molar refractivity (Wildman–Crippen MR) is 94.5 cm³/mol. The number of carboxylic acids is 1. The lowest BCUT2D eigenvalue weighted by Gasteiger charge is -2.06. The van der Waals surface area contributed by atoms with E-state index in [9.17, 15) is 9.59 Å². The number of benzene rings is 1. The number of methoxy groups -OCH3 is 1. The molecule has 24 heavy (non-hydrogen) atoms. The molecule has 0 saturated heterocycles. The molecule has 2 N–H and O–H groups in total. The molecule has 1 aromatic rings. The van der Waals surface area contributed by atoms with Gasteiger partial charge in [-0.15, -0.1) is 0 Å². The Hall–Kier alpha value is -2.04. The van der Waals surface area contributed by atoms with Gasteiger partial charge < -0.3 is 15.2 Å². The van der Waals surface area contributed by atoms with Gasteiger partial charge in [0.15, 0.2) is 0 Å². The van der Waals surface area contributed by atoms with Crippen LogP contribution in [0, 0.1) is 0 Å². The lowest BCUT2D eigenvalue weighted by molar-refractivity contribution is -0.137. The summed E-state index contributed by atoms with van der Waals surface area (Å²) in [5.74, 6) is -0.00252. The number of nitrogens with one attached hydrogen (secondary N) is 1. The van der Waals surface area contributed by atoms with E-state index in [4.69, 9.17) is 9.84 Å². The van der Waals surface area contributed by atoms with Crippen LogP contribution in [-0.2, 0) is 4.79 Å². The smallest absolute Gasteiger partial charge is 0.303 e. The third-order valence-electron chi connectivity index (χ3n) is 3.96. The average molecular weight is 335 g/mol. The molecule has 0 heterocycles. The van der Waals surface area contributed by atoms with E-state index in [1.807, 2.05) is 0 Å². The second-order valence-electron chi connectivity index (χ2n) is 5.96. The van der Waals surface area contributed by atoms with Crippen LogP contribution in [0.1, 0.15) is 68.1 Å². The van der Waals surface area contributed by atoms with E-state index in [1.165, 1.54) is 6.42 Å². The topological polar surface area (TPSA) is 75.6 Å². The molecule has 0 aliphatic carbocycles. The Labute approximate surface area is 144 Å². The molecule has 0 spiro atoms. The second kappa shape index (κ2) is 12.4. The first-order valence-electron chi connectivity index (χ1n) is 8.77. The van der Waals surface area contributed by atoms with E-state index in [0.29, 0.717) is 12.1 Å². The van der Waals surface area contributed by atoms with E-state index >= 15 is 0 Å². The van der Waals surface area contributed by atoms with Crippen molar-refractivity contribution in [3.63, 3.8) is 0 Å². The van der Waals surface area contributed by atoms with Gasteiger partial charge in [-0.25, -0.2) is 0 Å². The molecule has 5 nitrogen and oxygen atoms in total. The lowest BCUT2D eigenvalue weighted by Crippen LogP contribution is -2.24. The predicted octanol–water partition coefficient (Wildman–Crippen LogP) is 4.02. The molecule has 0 bridgehead atoms. The molecule has 1 rings (SSSR count). The highest BCUT2D eigenvalue weighted by atomic mass is 16.5. The number of unbranched alkanes of at least 4 members (excludes halogenated alkanes) is 7. The molecule has 0 aliphatic rings. The van der Waals surface area contributed by atoms with E-state index in [2.05, 4.69) is 5.32 Å². The summed E-state index contributed by atoms with van der Waals surface area (Å²) in [4.78, 5) is 22.3. The monoisotopic (exact) mass is 335 g/mol. The quantitative estimate of drug-likeness (QED) is 0.534. The maximum Gasteiger partial charge on any atom is 0.303 e. The highest BCUT2D eigenvalue weighted by Crippen LogP contribution is 2.11. The summed E-state index contributed by atoms with van der Waals surface area (Å²) in [6.07, 6.45) is 8.79. The lowest BCUT2D eigenvalue weighted by atomic mass is 10.1. The minimum atomic E-state index is -0.702. The van der Waals surface area contributed by atoms with Crippen LogP contribution < -0.4 is 10.1 Å². The zero-order chi connectivity index (χ0) is 17.6. The van der Waals surface area contributed by atoms with E-state index in [1.54, 1.807) is 31.4 Å². The summed E-state index contributed by atoms with van der Waals surface area (Å²) < 4.78 is 5.07. The molecule has 5 heteroatoms. The zero-order valence-corrected chi connectivity index (χ0v) is 14.6. The number of rotatable bonds is 13. The van der Waals surface area contributed by atoms with Crippen molar-refractivity contribution < 1.29 is 19.4 Å². The van der Waals surface area contributed by atoms with Crippen molar-refractivity contribution in [2.75, 3.05) is 13.7 Å². The summed E-state index contributed by atoms with van der Waals surface area (Å²) in [5.41, 5.74) is 0.650. The Morgan fingerprint density at radius 1 is 0.917 bits per heavy atom. The molecule has 1 amide bonds. The average Bonchev–Trinajstić information content (AvgIpc) is 2.59. The maximum absolute atomic E-state index is 11.9. The van der Waals surface area contributed by atoms with Crippen LogP contribution in [0.3, 0.4) is 0 Å². The van der Waals surface area contributed by atoms with Gasteiger partial charge >= 0.3 is 5.97 Å². The molecular formula is C19H29NO4. The highest BCUT2D eigenvalue weighted by Gasteiger charge is 2.04. The fourth-order valence-corrected chi connectivity index (χ4v) is 2.51. The fraction of sp³-hybridized carbons (Fsp3) is 0.579. The van der Waals surface area contributed by atoms with Crippen molar-refractivity contribution in [1.82, 2.24) is 5.32 Å². The third kappa shape index (κ3) is 9.18. The summed E-state index contributed by atoms with van der Waals surface area (Å²) in [7, 11) is 1.60. The number of carboxylic acid groups (broad SMARTS) is 1. The third-order valence-corrected chi connectivity index (χ3v) is 3.96. The van der Waals surface area contributed by atoms with Crippen LogP contribution in [0.25, 0.3) is 0 Å². The molecule has 0 aliphatic heterocycles. The Morgan fingerprint density at radius 2 is 1.46 bits per heavy atom. The van der Waals surface area contributed by atoms with Gasteiger partial charge in [-0.05, 0) is 37.1 Å². The van der Waals surface area contributed by atoms with Crippen molar-refractivity contribution in [3.05, 3.63) is 29.8 Å². The Morgan fingerprint density at radius 3 is 2.00 bits per heavy atom. The van der Waals surface area contributed by atoms with Crippen LogP contribution in [0.4, 0.5) is 0 Å². The van der Waals surface area contributed by atoms with Gasteiger partial charge in [0.05, 0.1) is 7.11 Å². The number of carbonyl (C=O) groups excluding carboxylic acids is 1. The second-order valence-corrected chi connectivity index (χ2v) is 5.96. The molecule has 0 atom stereocenters. The molecule has 134 valence electrons. The van der Waals surface area contributed by atoms with Crippen LogP contribution in [0.2, 0.25) is 0 Å². The molecule has 0 saturated carbocycles. The summed E-state index contributed by atoms with van der Waals surface area (Å²) in [6.45, 7) is 0.698. The van der Waals surface area contributed by atoms with Gasteiger partial charge in [0.1, 0.15) is 5.75 Å². The first kappa shape index (κ1) is 20.0. The molecular weight excluding hydrogens is 306 g/mol. The highest BCUT2D eigenvalue weighted by molar-refractivity contribution is 5.94. The van der Waals surface area contributed by atoms with Crippen LogP contribution in [-0.4, -0.2) is 30.6 Å². The largest absolute Gasteiger partial charge is 0.497 e. The number of carbonyl (C=O) groups is 2. The van der Waals surface area contributed by atoms with E-state index in [0.717, 1.165) is 50.7 Å². The van der Waals surface area contributed by atoms with Gasteiger partial charge in [0.25, 0.3) is 5.91 Å². The number of amides is 1. The van der Waals surface area contributed by atoms with Crippen LogP contribution >= 0.6 is 0 Å². The maximum atomic E-state index is 11.9. The first-order valence-corrected chi connectivity index (χ1v) is 8.77. The van der Waals surface area contributed by atoms with Crippen molar-refractivity contribution >= 4 is 11.9 Å². The van der Waals surface area contributed by atoms with Crippen molar-refractivity contribution in [3.8, 4) is 5.75 Å². The number of ether oxygens (including phenoxy) is 1.